The Bertz CT molecular complexity index is 772. The lowest BCUT2D eigenvalue weighted by Crippen LogP contribution is -2.38. The molecule has 1 saturated heterocycles. The molecule has 0 unspecified atom stereocenters. The maximum absolute atomic E-state index is 11.7. The first-order valence-electron chi connectivity index (χ1n) is 7.14. The van der Waals surface area contributed by atoms with Gasteiger partial charge in [0.15, 0.2) is 0 Å². The molecule has 3 heterocycles. The van der Waals surface area contributed by atoms with Crippen LogP contribution < -0.4 is 0 Å². The van der Waals surface area contributed by atoms with Crippen LogP contribution in [-0.4, -0.2) is 47.2 Å². The van der Waals surface area contributed by atoms with Gasteiger partial charge in [-0.3, -0.25) is 4.98 Å². The van der Waals surface area contributed by atoms with E-state index >= 15 is 0 Å². The minimum Gasteiger partial charge on any atom is -0.339 e. The van der Waals surface area contributed by atoms with E-state index < -0.39 is 10.0 Å². The Balaban J connectivity index is 1.82. The van der Waals surface area contributed by atoms with Crippen LogP contribution in [0.5, 0.6) is 0 Å². The first kappa shape index (κ1) is 15.1. The normalized spacial score (nSPS) is 20.2. The smallest absolute Gasteiger partial charge is 0.231 e. The fraction of sp³-hybridized carbons (Fsp3) is 0.500. The van der Waals surface area contributed by atoms with Gasteiger partial charge in [-0.05, 0) is 31.4 Å². The van der Waals surface area contributed by atoms with E-state index in [9.17, 15) is 8.42 Å². The molecule has 0 bridgehead atoms. The third-order valence-electron chi connectivity index (χ3n) is 3.78. The van der Waals surface area contributed by atoms with Crippen molar-refractivity contribution in [2.24, 2.45) is 0 Å². The molecule has 0 radical (unpaired) electrons. The third kappa shape index (κ3) is 3.17. The Labute approximate surface area is 129 Å². The van der Waals surface area contributed by atoms with Crippen LogP contribution >= 0.6 is 0 Å². The van der Waals surface area contributed by atoms with Crippen molar-refractivity contribution in [2.75, 3.05) is 19.3 Å². The van der Waals surface area contributed by atoms with Crippen LogP contribution in [0.2, 0.25) is 0 Å². The van der Waals surface area contributed by atoms with Crippen molar-refractivity contribution in [1.29, 1.82) is 0 Å². The molecule has 7 nitrogen and oxygen atoms in total. The van der Waals surface area contributed by atoms with Crippen LogP contribution in [-0.2, 0) is 10.0 Å². The van der Waals surface area contributed by atoms with Crippen LogP contribution in [0, 0.1) is 6.92 Å². The molecule has 2 aromatic rings. The Morgan fingerprint density at radius 1 is 1.36 bits per heavy atom. The highest BCUT2D eigenvalue weighted by molar-refractivity contribution is 7.88. The molecule has 0 saturated carbocycles. The van der Waals surface area contributed by atoms with Crippen LogP contribution in [0.3, 0.4) is 0 Å². The Morgan fingerprint density at radius 2 is 2.18 bits per heavy atom. The van der Waals surface area contributed by atoms with E-state index in [1.54, 1.807) is 12.4 Å². The van der Waals surface area contributed by atoms with E-state index in [0.717, 1.165) is 24.0 Å². The van der Waals surface area contributed by atoms with Gasteiger partial charge in [-0.15, -0.1) is 0 Å². The summed E-state index contributed by atoms with van der Waals surface area (Å²) in [6.07, 6.45) is 6.31. The summed E-state index contributed by atoms with van der Waals surface area (Å²) in [5.41, 5.74) is 1.82. The summed E-state index contributed by atoms with van der Waals surface area (Å²) >= 11 is 0. The predicted molar refractivity (Wildman–Crippen MR) is 80.7 cm³/mol. The first-order chi connectivity index (χ1) is 10.4. The van der Waals surface area contributed by atoms with E-state index in [1.807, 2.05) is 13.0 Å². The highest BCUT2D eigenvalue weighted by Gasteiger charge is 2.30. The quantitative estimate of drug-likeness (QED) is 0.852. The lowest BCUT2D eigenvalue weighted by atomic mass is 10.00. The second-order valence-electron chi connectivity index (χ2n) is 5.67. The molecule has 8 heteroatoms. The van der Waals surface area contributed by atoms with Crippen molar-refractivity contribution in [2.45, 2.75) is 25.7 Å². The molecule has 1 aliphatic heterocycles. The van der Waals surface area contributed by atoms with Gasteiger partial charge in [-0.1, -0.05) is 5.16 Å². The number of sulfonamides is 1. The van der Waals surface area contributed by atoms with Crippen LogP contribution in [0.25, 0.3) is 11.4 Å². The van der Waals surface area contributed by atoms with Crippen LogP contribution in [0.1, 0.15) is 30.2 Å². The van der Waals surface area contributed by atoms with Crippen molar-refractivity contribution in [1.82, 2.24) is 19.4 Å². The van der Waals surface area contributed by atoms with Crippen LogP contribution in [0.15, 0.2) is 23.0 Å². The minimum atomic E-state index is -3.18. The molecule has 118 valence electrons. The Morgan fingerprint density at radius 3 is 2.91 bits per heavy atom. The van der Waals surface area contributed by atoms with E-state index in [-0.39, 0.29) is 5.92 Å². The standard InChI is InChI=1S/C14H18N4O3S/c1-10-6-12(8-15-7-10)13-16-14(21-17-13)11-4-3-5-18(9-11)22(2,19)20/h6-8,11H,3-5,9H2,1-2H3/t11-/m1/s1. The number of aromatic nitrogens is 3. The zero-order valence-corrected chi connectivity index (χ0v) is 13.4. The highest BCUT2D eigenvalue weighted by atomic mass is 32.2. The molecule has 0 amide bonds. The van der Waals surface area contributed by atoms with Gasteiger partial charge in [0.1, 0.15) is 0 Å². The van der Waals surface area contributed by atoms with E-state index in [1.165, 1.54) is 10.6 Å². The molecule has 3 rings (SSSR count). The first-order valence-corrected chi connectivity index (χ1v) is 8.99. The second-order valence-corrected chi connectivity index (χ2v) is 7.65. The van der Waals surface area contributed by atoms with Gasteiger partial charge < -0.3 is 4.52 Å². The lowest BCUT2D eigenvalue weighted by Gasteiger charge is -2.28. The fourth-order valence-electron chi connectivity index (χ4n) is 2.64. The van der Waals surface area contributed by atoms with Crippen molar-refractivity contribution in [3.63, 3.8) is 0 Å². The topological polar surface area (TPSA) is 89.2 Å². The monoisotopic (exact) mass is 322 g/mol. The zero-order chi connectivity index (χ0) is 15.7. The maximum Gasteiger partial charge on any atom is 0.231 e. The molecule has 22 heavy (non-hydrogen) atoms. The summed E-state index contributed by atoms with van der Waals surface area (Å²) in [6.45, 7) is 2.90. The largest absolute Gasteiger partial charge is 0.339 e. The summed E-state index contributed by atoms with van der Waals surface area (Å²) < 4.78 is 30.2. The van der Waals surface area contributed by atoms with E-state index in [0.29, 0.717) is 24.8 Å². The number of rotatable bonds is 3. The molecule has 0 N–H and O–H groups in total. The maximum atomic E-state index is 11.7. The number of nitrogens with zero attached hydrogens (tertiary/aromatic N) is 4. The fourth-order valence-corrected chi connectivity index (χ4v) is 3.55. The number of pyridine rings is 1. The average Bonchev–Trinajstić information content (AvgIpc) is 2.96. The summed E-state index contributed by atoms with van der Waals surface area (Å²) in [4.78, 5) is 8.54. The summed E-state index contributed by atoms with van der Waals surface area (Å²) in [5.74, 6) is 0.926. The highest BCUT2D eigenvalue weighted by Crippen LogP contribution is 2.28. The van der Waals surface area contributed by atoms with Gasteiger partial charge in [-0.2, -0.15) is 4.98 Å². The van der Waals surface area contributed by atoms with Gasteiger partial charge in [-0.25, -0.2) is 12.7 Å². The van der Waals surface area contributed by atoms with E-state index in [4.69, 9.17) is 4.52 Å². The van der Waals surface area contributed by atoms with E-state index in [2.05, 4.69) is 15.1 Å². The zero-order valence-electron chi connectivity index (χ0n) is 12.6. The number of hydrogen-bond donors (Lipinski definition) is 0. The van der Waals surface area contributed by atoms with Gasteiger partial charge in [0, 0.05) is 31.0 Å². The minimum absolute atomic E-state index is 0.0532. The molecule has 2 aromatic heterocycles. The molecule has 0 aromatic carbocycles. The molecular formula is C14H18N4O3S. The predicted octanol–water partition coefficient (Wildman–Crippen LogP) is 1.58. The number of hydrogen-bond acceptors (Lipinski definition) is 6. The number of aryl methyl sites for hydroxylation is 1. The van der Waals surface area contributed by atoms with Gasteiger partial charge in [0.05, 0.1) is 12.2 Å². The Kier molecular flexibility index (Phi) is 3.96. The van der Waals surface area contributed by atoms with Gasteiger partial charge in [0.25, 0.3) is 0 Å². The molecule has 1 atom stereocenters. The lowest BCUT2D eigenvalue weighted by molar-refractivity contribution is 0.266. The number of piperidine rings is 1. The molecule has 1 aliphatic rings. The summed E-state index contributed by atoms with van der Waals surface area (Å²) in [5, 5.41) is 4.00. The van der Waals surface area contributed by atoms with Crippen molar-refractivity contribution >= 4 is 10.0 Å². The molecule has 1 fully saturated rings. The van der Waals surface area contributed by atoms with Crippen molar-refractivity contribution in [3.8, 4) is 11.4 Å². The summed E-state index contributed by atoms with van der Waals surface area (Å²) in [7, 11) is -3.18. The van der Waals surface area contributed by atoms with Gasteiger partial charge in [0.2, 0.25) is 21.7 Å². The van der Waals surface area contributed by atoms with Crippen molar-refractivity contribution < 1.29 is 12.9 Å². The molecule has 0 spiro atoms. The van der Waals surface area contributed by atoms with Crippen molar-refractivity contribution in [3.05, 3.63) is 29.9 Å². The third-order valence-corrected chi connectivity index (χ3v) is 5.05. The molecular weight excluding hydrogens is 304 g/mol. The SMILES string of the molecule is Cc1cncc(-c2noc([C@@H]3CCCN(S(C)(=O)=O)C3)n2)c1. The second kappa shape index (κ2) is 5.77. The molecule has 0 aliphatic carbocycles. The Hall–Kier alpha value is -1.80. The van der Waals surface area contributed by atoms with Crippen LogP contribution in [0.4, 0.5) is 0 Å². The summed E-state index contributed by atoms with van der Waals surface area (Å²) in [6, 6.07) is 1.94. The van der Waals surface area contributed by atoms with Gasteiger partial charge >= 0.3 is 0 Å². The average molecular weight is 322 g/mol.